The van der Waals surface area contributed by atoms with Crippen molar-refractivity contribution in [2.75, 3.05) is 13.7 Å². The lowest BCUT2D eigenvalue weighted by atomic mass is 9.87. The number of fused-ring (bicyclic) bond motifs is 1. The molecule has 0 radical (unpaired) electrons. The highest BCUT2D eigenvalue weighted by Crippen LogP contribution is 2.34. The van der Waals surface area contributed by atoms with Crippen LogP contribution in [0.3, 0.4) is 0 Å². The molecule has 4 nitrogen and oxygen atoms in total. The van der Waals surface area contributed by atoms with Gasteiger partial charge in [-0.1, -0.05) is 26.8 Å². The maximum absolute atomic E-state index is 5.91. The molecular formula is C20H23NO3. The number of hydrogen-bond donors (Lipinski definition) is 0. The molecule has 3 rings (SSSR count). The third-order valence-corrected chi connectivity index (χ3v) is 3.96. The number of methoxy groups -OCH3 is 1. The highest BCUT2D eigenvalue weighted by molar-refractivity contribution is 5.77. The molecular weight excluding hydrogens is 302 g/mol. The van der Waals surface area contributed by atoms with E-state index in [4.69, 9.17) is 13.9 Å². The minimum absolute atomic E-state index is 0.0790. The number of benzene rings is 2. The van der Waals surface area contributed by atoms with Gasteiger partial charge in [-0.3, -0.25) is 0 Å². The van der Waals surface area contributed by atoms with Crippen molar-refractivity contribution in [1.29, 1.82) is 0 Å². The summed E-state index contributed by atoms with van der Waals surface area (Å²) >= 11 is 0. The molecule has 126 valence electrons. The standard InChI is InChI=1S/C20H23NO3/c1-6-23-17-9-7-13(11-18(17)22-5)19-21-15-12-14(20(2,3)4)8-10-16(15)24-19/h7-12H,6H2,1-5H3. The molecule has 1 aromatic heterocycles. The van der Waals surface area contributed by atoms with Crippen LogP contribution in [0.15, 0.2) is 40.8 Å². The summed E-state index contributed by atoms with van der Waals surface area (Å²) in [4.78, 5) is 4.65. The molecule has 0 unspecified atom stereocenters. The number of ether oxygens (including phenoxy) is 2. The first-order valence-corrected chi connectivity index (χ1v) is 8.14. The zero-order chi connectivity index (χ0) is 17.3. The molecule has 0 aliphatic carbocycles. The Morgan fingerprint density at radius 1 is 1.04 bits per heavy atom. The first-order chi connectivity index (χ1) is 11.4. The second-order valence-corrected chi connectivity index (χ2v) is 6.75. The molecule has 0 bridgehead atoms. The van der Waals surface area contributed by atoms with E-state index < -0.39 is 0 Å². The lowest BCUT2D eigenvalue weighted by Gasteiger charge is -2.18. The van der Waals surface area contributed by atoms with Gasteiger partial charge in [-0.25, -0.2) is 4.98 Å². The summed E-state index contributed by atoms with van der Waals surface area (Å²) < 4.78 is 16.9. The minimum Gasteiger partial charge on any atom is -0.493 e. The van der Waals surface area contributed by atoms with Crippen molar-refractivity contribution < 1.29 is 13.9 Å². The molecule has 0 spiro atoms. The molecule has 0 saturated carbocycles. The largest absolute Gasteiger partial charge is 0.493 e. The Morgan fingerprint density at radius 2 is 1.83 bits per heavy atom. The Balaban J connectivity index is 2.03. The lowest BCUT2D eigenvalue weighted by Crippen LogP contribution is -2.10. The van der Waals surface area contributed by atoms with Crippen LogP contribution in [0.2, 0.25) is 0 Å². The van der Waals surface area contributed by atoms with Gasteiger partial charge in [-0.05, 0) is 48.2 Å². The van der Waals surface area contributed by atoms with Gasteiger partial charge in [0.05, 0.1) is 13.7 Å². The zero-order valence-corrected chi connectivity index (χ0v) is 14.8. The van der Waals surface area contributed by atoms with Crippen LogP contribution in [0, 0.1) is 0 Å². The molecule has 0 atom stereocenters. The van der Waals surface area contributed by atoms with E-state index in [1.54, 1.807) is 7.11 Å². The Kier molecular flexibility index (Phi) is 4.22. The van der Waals surface area contributed by atoms with Crippen LogP contribution in [0.1, 0.15) is 33.3 Å². The van der Waals surface area contributed by atoms with Gasteiger partial charge in [0.15, 0.2) is 17.1 Å². The average Bonchev–Trinajstić information content (AvgIpc) is 2.97. The van der Waals surface area contributed by atoms with Gasteiger partial charge in [0.1, 0.15) is 5.52 Å². The zero-order valence-electron chi connectivity index (χ0n) is 14.8. The normalized spacial score (nSPS) is 11.7. The van der Waals surface area contributed by atoms with Crippen molar-refractivity contribution >= 4 is 11.1 Å². The maximum atomic E-state index is 5.91. The Bertz CT molecular complexity index is 859. The predicted octanol–water partition coefficient (Wildman–Crippen LogP) is 5.20. The molecule has 0 fully saturated rings. The Hall–Kier alpha value is -2.49. The summed E-state index contributed by atoms with van der Waals surface area (Å²) in [6, 6.07) is 11.9. The van der Waals surface area contributed by atoms with Crippen LogP contribution >= 0.6 is 0 Å². The van der Waals surface area contributed by atoms with Gasteiger partial charge in [0, 0.05) is 5.56 Å². The van der Waals surface area contributed by atoms with E-state index in [1.165, 1.54) is 5.56 Å². The van der Waals surface area contributed by atoms with Gasteiger partial charge in [0.25, 0.3) is 0 Å². The van der Waals surface area contributed by atoms with Crippen LogP contribution in [0.4, 0.5) is 0 Å². The van der Waals surface area contributed by atoms with Crippen molar-refractivity contribution in [2.45, 2.75) is 33.1 Å². The molecule has 0 aliphatic rings. The number of aromatic nitrogens is 1. The van der Waals surface area contributed by atoms with Gasteiger partial charge in [0.2, 0.25) is 5.89 Å². The van der Waals surface area contributed by atoms with E-state index >= 15 is 0 Å². The van der Waals surface area contributed by atoms with Crippen LogP contribution in [0.25, 0.3) is 22.6 Å². The summed E-state index contributed by atoms with van der Waals surface area (Å²) in [5.74, 6) is 1.97. The Labute approximate surface area is 142 Å². The summed E-state index contributed by atoms with van der Waals surface area (Å²) in [6.45, 7) is 9.10. The molecule has 0 saturated heterocycles. The molecule has 1 heterocycles. The molecule has 24 heavy (non-hydrogen) atoms. The summed E-state index contributed by atoms with van der Waals surface area (Å²) in [5, 5.41) is 0. The third-order valence-electron chi connectivity index (χ3n) is 3.96. The second-order valence-electron chi connectivity index (χ2n) is 6.75. The van der Waals surface area contributed by atoms with Gasteiger partial charge in [-0.2, -0.15) is 0 Å². The molecule has 4 heteroatoms. The van der Waals surface area contributed by atoms with Gasteiger partial charge < -0.3 is 13.9 Å². The first kappa shape index (κ1) is 16.4. The first-order valence-electron chi connectivity index (χ1n) is 8.14. The molecule has 3 aromatic rings. The van der Waals surface area contributed by atoms with Crippen molar-refractivity contribution in [1.82, 2.24) is 4.98 Å². The minimum atomic E-state index is 0.0790. The van der Waals surface area contributed by atoms with E-state index in [0.29, 0.717) is 18.2 Å². The van der Waals surface area contributed by atoms with E-state index in [0.717, 1.165) is 22.4 Å². The summed E-state index contributed by atoms with van der Waals surface area (Å²) in [7, 11) is 1.63. The van der Waals surface area contributed by atoms with E-state index in [2.05, 4.69) is 37.9 Å². The van der Waals surface area contributed by atoms with Crippen molar-refractivity contribution in [3.63, 3.8) is 0 Å². The number of oxazole rings is 1. The van der Waals surface area contributed by atoms with Crippen molar-refractivity contribution in [3.8, 4) is 23.0 Å². The van der Waals surface area contributed by atoms with Gasteiger partial charge in [-0.15, -0.1) is 0 Å². The molecule has 0 N–H and O–H groups in total. The second kappa shape index (κ2) is 6.19. The molecule has 2 aromatic carbocycles. The SMILES string of the molecule is CCOc1ccc(-c2nc3cc(C(C)(C)C)ccc3o2)cc1OC. The lowest BCUT2D eigenvalue weighted by molar-refractivity contribution is 0.311. The van der Waals surface area contributed by atoms with E-state index in [-0.39, 0.29) is 5.41 Å². The topological polar surface area (TPSA) is 44.5 Å². The summed E-state index contributed by atoms with van der Waals surface area (Å²) in [6.07, 6.45) is 0. The molecule has 0 amide bonds. The van der Waals surface area contributed by atoms with E-state index in [9.17, 15) is 0 Å². The predicted molar refractivity (Wildman–Crippen MR) is 95.9 cm³/mol. The summed E-state index contributed by atoms with van der Waals surface area (Å²) in [5.41, 5.74) is 3.83. The average molecular weight is 325 g/mol. The van der Waals surface area contributed by atoms with Gasteiger partial charge >= 0.3 is 0 Å². The van der Waals surface area contributed by atoms with Crippen molar-refractivity contribution in [3.05, 3.63) is 42.0 Å². The highest BCUT2D eigenvalue weighted by Gasteiger charge is 2.17. The fraction of sp³-hybridized carbons (Fsp3) is 0.350. The monoisotopic (exact) mass is 325 g/mol. The number of nitrogens with zero attached hydrogens (tertiary/aromatic N) is 1. The fourth-order valence-electron chi connectivity index (χ4n) is 2.59. The van der Waals surface area contributed by atoms with Crippen LogP contribution in [0.5, 0.6) is 11.5 Å². The number of hydrogen-bond acceptors (Lipinski definition) is 4. The molecule has 0 aliphatic heterocycles. The van der Waals surface area contributed by atoms with Crippen LogP contribution < -0.4 is 9.47 Å². The number of rotatable bonds is 4. The fourth-order valence-corrected chi connectivity index (χ4v) is 2.59. The van der Waals surface area contributed by atoms with Crippen LogP contribution in [-0.4, -0.2) is 18.7 Å². The third kappa shape index (κ3) is 3.09. The highest BCUT2D eigenvalue weighted by atomic mass is 16.5. The Morgan fingerprint density at radius 3 is 2.50 bits per heavy atom. The van der Waals surface area contributed by atoms with E-state index in [1.807, 2.05) is 31.2 Å². The smallest absolute Gasteiger partial charge is 0.227 e. The van der Waals surface area contributed by atoms with Crippen molar-refractivity contribution in [2.24, 2.45) is 0 Å². The van der Waals surface area contributed by atoms with Crippen LogP contribution in [-0.2, 0) is 5.41 Å². The quantitative estimate of drug-likeness (QED) is 0.661. The maximum Gasteiger partial charge on any atom is 0.227 e.